The lowest BCUT2D eigenvalue weighted by atomic mass is 10.0. The first-order valence-electron chi connectivity index (χ1n) is 11.2. The van der Waals surface area contributed by atoms with Crippen molar-refractivity contribution in [2.75, 3.05) is 6.54 Å². The summed E-state index contributed by atoms with van der Waals surface area (Å²) >= 11 is 1.11. The number of aromatic nitrogens is 2. The van der Waals surface area contributed by atoms with Gasteiger partial charge in [-0.2, -0.15) is 0 Å². The van der Waals surface area contributed by atoms with Crippen molar-refractivity contribution in [3.8, 4) is 11.1 Å². The predicted molar refractivity (Wildman–Crippen MR) is 133 cm³/mol. The van der Waals surface area contributed by atoms with Crippen molar-refractivity contribution >= 4 is 27.4 Å². The van der Waals surface area contributed by atoms with Gasteiger partial charge >= 0.3 is 6.03 Å². The maximum atomic E-state index is 15.0. The second-order valence-electron chi connectivity index (χ2n) is 9.13. The molecule has 0 aliphatic rings. The van der Waals surface area contributed by atoms with Crippen LogP contribution in [0.25, 0.3) is 11.1 Å². The topological polar surface area (TPSA) is 93.1 Å². The van der Waals surface area contributed by atoms with Gasteiger partial charge in [-0.1, -0.05) is 39.8 Å². The molecule has 0 fully saturated rings. The van der Waals surface area contributed by atoms with Gasteiger partial charge in [-0.25, -0.2) is 27.3 Å². The largest absolute Gasteiger partial charge is 0.337 e. The smallest absolute Gasteiger partial charge is 0.328 e. The van der Waals surface area contributed by atoms with E-state index in [4.69, 9.17) is 0 Å². The number of imidazole rings is 1. The Morgan fingerprint density at radius 1 is 1.18 bits per heavy atom. The van der Waals surface area contributed by atoms with E-state index in [0.29, 0.717) is 42.1 Å². The summed E-state index contributed by atoms with van der Waals surface area (Å²) < 4.78 is 45.2. The summed E-state index contributed by atoms with van der Waals surface area (Å²) in [6.45, 7) is 10.4. The Hall–Kier alpha value is -2.72. The van der Waals surface area contributed by atoms with E-state index in [1.807, 2.05) is 39.2 Å². The highest BCUT2D eigenvalue weighted by Gasteiger charge is 2.26. The average Bonchev–Trinajstić information content (AvgIpc) is 3.34. The van der Waals surface area contributed by atoms with Crippen LogP contribution < -0.4 is 10.0 Å². The van der Waals surface area contributed by atoms with Crippen LogP contribution in [0.5, 0.6) is 0 Å². The number of sulfonamides is 1. The Balaban J connectivity index is 1.95. The molecule has 7 nitrogen and oxygen atoms in total. The zero-order chi connectivity index (χ0) is 25.0. The number of amides is 2. The van der Waals surface area contributed by atoms with Gasteiger partial charge in [0.15, 0.2) is 0 Å². The Bertz CT molecular complexity index is 1260. The summed E-state index contributed by atoms with van der Waals surface area (Å²) in [7, 11) is -4.15. The fourth-order valence-corrected chi connectivity index (χ4v) is 6.30. The monoisotopic (exact) mass is 506 g/mol. The molecule has 0 atom stereocenters. The number of nitrogens with one attached hydrogen (secondary N) is 2. The Kier molecular flexibility index (Phi) is 8.14. The normalized spacial score (nSPS) is 11.9. The predicted octanol–water partition coefficient (Wildman–Crippen LogP) is 4.95. The minimum absolute atomic E-state index is 0.000418. The van der Waals surface area contributed by atoms with E-state index in [-0.39, 0.29) is 10.1 Å². The molecule has 184 valence electrons. The molecular weight excluding hydrogens is 475 g/mol. The van der Waals surface area contributed by atoms with Crippen molar-refractivity contribution in [1.29, 1.82) is 0 Å². The van der Waals surface area contributed by atoms with E-state index < -0.39 is 21.9 Å². The minimum atomic E-state index is -4.15. The molecule has 0 aliphatic carbocycles. The molecule has 10 heteroatoms. The molecule has 0 spiro atoms. The van der Waals surface area contributed by atoms with E-state index in [0.717, 1.165) is 22.0 Å². The number of carbonyl (C=O) groups is 1. The number of hydrogen-bond donors (Lipinski definition) is 2. The Morgan fingerprint density at radius 2 is 1.91 bits per heavy atom. The van der Waals surface area contributed by atoms with Crippen LogP contribution in [0.2, 0.25) is 0 Å². The number of thiophene rings is 1. The van der Waals surface area contributed by atoms with Crippen LogP contribution in [0.3, 0.4) is 0 Å². The average molecular weight is 507 g/mol. The highest BCUT2D eigenvalue weighted by molar-refractivity contribution is 7.92. The number of rotatable bonds is 9. The van der Waals surface area contributed by atoms with Gasteiger partial charge in [0.2, 0.25) is 0 Å². The van der Waals surface area contributed by atoms with Crippen LogP contribution in [0.1, 0.15) is 44.0 Å². The van der Waals surface area contributed by atoms with Gasteiger partial charge in [-0.05, 0) is 42.9 Å². The first-order valence-corrected chi connectivity index (χ1v) is 13.5. The van der Waals surface area contributed by atoms with Crippen molar-refractivity contribution in [3.63, 3.8) is 0 Å². The van der Waals surface area contributed by atoms with Crippen molar-refractivity contribution in [2.24, 2.45) is 11.8 Å². The lowest BCUT2D eigenvalue weighted by Crippen LogP contribution is -2.40. The summed E-state index contributed by atoms with van der Waals surface area (Å²) in [6.07, 6.45) is 4.11. The lowest BCUT2D eigenvalue weighted by Gasteiger charge is -2.11. The molecule has 0 saturated heterocycles. The molecule has 0 unspecified atom stereocenters. The van der Waals surface area contributed by atoms with Gasteiger partial charge in [0, 0.05) is 34.9 Å². The molecule has 2 aromatic heterocycles. The molecule has 2 amide bonds. The van der Waals surface area contributed by atoms with Crippen molar-refractivity contribution in [3.05, 3.63) is 58.7 Å². The molecule has 1 aromatic carbocycles. The highest BCUT2D eigenvalue weighted by Crippen LogP contribution is 2.37. The molecule has 0 radical (unpaired) electrons. The van der Waals surface area contributed by atoms with Crippen molar-refractivity contribution in [2.45, 2.75) is 51.8 Å². The summed E-state index contributed by atoms with van der Waals surface area (Å²) in [5.74, 6) is 0.820. The fraction of sp³-hybridized carbons (Fsp3) is 0.417. The maximum absolute atomic E-state index is 15.0. The molecular formula is C24H31FN4O3S2. The van der Waals surface area contributed by atoms with Gasteiger partial charge in [-0.3, -0.25) is 0 Å². The molecule has 3 aromatic rings. The molecule has 2 N–H and O–H groups in total. The lowest BCUT2D eigenvalue weighted by molar-refractivity contribution is 0.244. The Labute approximate surface area is 204 Å². The van der Waals surface area contributed by atoms with Gasteiger partial charge in [0.05, 0.1) is 6.54 Å². The zero-order valence-corrected chi connectivity index (χ0v) is 21.7. The number of carbonyl (C=O) groups excluding carboxylic acids is 1. The molecule has 34 heavy (non-hydrogen) atoms. The number of benzene rings is 1. The van der Waals surface area contributed by atoms with Crippen molar-refractivity contribution < 1.29 is 17.6 Å². The number of aryl methyl sites for hydroxylation is 1. The summed E-state index contributed by atoms with van der Waals surface area (Å²) in [6, 6.07) is 5.71. The van der Waals surface area contributed by atoms with Crippen LogP contribution in [-0.2, 0) is 23.0 Å². The third-order valence-corrected chi connectivity index (χ3v) is 8.15. The van der Waals surface area contributed by atoms with E-state index in [9.17, 15) is 13.2 Å². The number of nitrogens with zero attached hydrogens (tertiary/aromatic N) is 2. The molecule has 2 heterocycles. The summed E-state index contributed by atoms with van der Waals surface area (Å²) in [5.41, 5.74) is 1.30. The SMILES string of the molecule is Cc1nccn1Cc1ccc(-c2cc(CC(C)C)sc2S(=O)(=O)NC(=O)NCC(C)C)cc1F. The van der Waals surface area contributed by atoms with Gasteiger partial charge < -0.3 is 9.88 Å². The van der Waals surface area contributed by atoms with Gasteiger partial charge in [0.1, 0.15) is 15.9 Å². The standard InChI is InChI=1S/C24H31FN4O3S2/c1-15(2)10-20-12-21(23(33-20)34(31,32)28-24(30)27-13-16(3)4)18-6-7-19(22(25)11-18)14-29-9-8-26-17(29)5/h6-9,11-12,15-16H,10,13-14H2,1-5H3,(H2,27,28,30). The number of halogens is 1. The van der Waals surface area contributed by atoms with Gasteiger partial charge in [-0.15, -0.1) is 11.3 Å². The first-order chi connectivity index (χ1) is 16.0. The molecule has 0 saturated carbocycles. The number of hydrogen-bond acceptors (Lipinski definition) is 5. The first kappa shape index (κ1) is 25.9. The third kappa shape index (κ3) is 6.44. The van der Waals surface area contributed by atoms with E-state index >= 15 is 4.39 Å². The maximum Gasteiger partial charge on any atom is 0.328 e. The van der Waals surface area contributed by atoms with Crippen molar-refractivity contribution in [1.82, 2.24) is 19.6 Å². The fourth-order valence-electron chi connectivity index (χ4n) is 3.43. The zero-order valence-electron chi connectivity index (χ0n) is 20.1. The molecule has 3 rings (SSSR count). The third-order valence-electron chi connectivity index (χ3n) is 5.13. The minimum Gasteiger partial charge on any atom is -0.337 e. The van der Waals surface area contributed by atoms with E-state index in [2.05, 4.69) is 15.0 Å². The molecule has 0 bridgehead atoms. The van der Waals surface area contributed by atoms with Crippen LogP contribution >= 0.6 is 11.3 Å². The molecule has 0 aliphatic heterocycles. The van der Waals surface area contributed by atoms with E-state index in [1.54, 1.807) is 30.6 Å². The quantitative estimate of drug-likeness (QED) is 0.429. The number of urea groups is 1. The second kappa shape index (κ2) is 10.7. The highest BCUT2D eigenvalue weighted by atomic mass is 32.2. The summed E-state index contributed by atoms with van der Waals surface area (Å²) in [5, 5.41) is 2.56. The van der Waals surface area contributed by atoms with Crippen LogP contribution in [-0.4, -0.2) is 30.5 Å². The van der Waals surface area contributed by atoms with Gasteiger partial charge in [0.25, 0.3) is 10.0 Å². The second-order valence-corrected chi connectivity index (χ2v) is 12.1. The summed E-state index contributed by atoms with van der Waals surface area (Å²) in [4.78, 5) is 17.2. The Morgan fingerprint density at radius 3 is 2.50 bits per heavy atom. The van der Waals surface area contributed by atoms with Crippen LogP contribution in [0.15, 0.2) is 40.9 Å². The van der Waals surface area contributed by atoms with Crippen LogP contribution in [0.4, 0.5) is 9.18 Å². The van der Waals surface area contributed by atoms with Crippen LogP contribution in [0, 0.1) is 24.6 Å². The van der Waals surface area contributed by atoms with E-state index in [1.165, 1.54) is 6.07 Å².